The molecule has 1 fully saturated rings. The van der Waals surface area contributed by atoms with Crippen molar-refractivity contribution in [2.75, 3.05) is 0 Å². The lowest BCUT2D eigenvalue weighted by molar-refractivity contribution is -0.115. The summed E-state index contributed by atoms with van der Waals surface area (Å²) in [6, 6.07) is 1.35. The first kappa shape index (κ1) is 17.5. The van der Waals surface area contributed by atoms with E-state index < -0.39 is 17.9 Å². The Morgan fingerprint density at radius 3 is 2.63 bits per heavy atom. The third kappa shape index (κ3) is 2.86. The summed E-state index contributed by atoms with van der Waals surface area (Å²) in [6.45, 7) is 3.80. The minimum Gasteiger partial charge on any atom is -0.478 e. The number of carboxylic acids is 1. The summed E-state index contributed by atoms with van der Waals surface area (Å²) in [4.78, 5) is 36.3. The number of nitrogens with one attached hydrogen (secondary N) is 2. The molecule has 0 bridgehead atoms. The van der Waals surface area contributed by atoms with Crippen LogP contribution in [0.3, 0.4) is 0 Å². The van der Waals surface area contributed by atoms with E-state index in [1.807, 2.05) is 24.5 Å². The lowest BCUT2D eigenvalue weighted by atomic mass is 9.95. The van der Waals surface area contributed by atoms with Crippen molar-refractivity contribution in [1.82, 2.24) is 15.2 Å². The summed E-state index contributed by atoms with van der Waals surface area (Å²) < 4.78 is 1.94. The van der Waals surface area contributed by atoms with Gasteiger partial charge in [-0.1, -0.05) is 0 Å². The minimum atomic E-state index is -0.903. The molecule has 7 nitrogen and oxygen atoms in total. The van der Waals surface area contributed by atoms with Crippen LogP contribution in [0.5, 0.6) is 0 Å². The second kappa shape index (κ2) is 6.38. The van der Waals surface area contributed by atoms with Crippen molar-refractivity contribution in [1.29, 1.82) is 0 Å². The summed E-state index contributed by atoms with van der Waals surface area (Å²) in [7, 11) is 0. The van der Waals surface area contributed by atoms with Gasteiger partial charge in [0.05, 0.1) is 5.56 Å². The second-order valence-corrected chi connectivity index (χ2v) is 7.91. The summed E-state index contributed by atoms with van der Waals surface area (Å²) in [5.74, 6) is -1.37. The van der Waals surface area contributed by atoms with Crippen molar-refractivity contribution in [3.05, 3.63) is 44.7 Å². The minimum absolute atomic E-state index is 0.184. The Hall–Kier alpha value is -2.87. The van der Waals surface area contributed by atoms with Crippen LogP contribution in [0.1, 0.15) is 50.6 Å². The first-order valence-corrected chi connectivity index (χ1v) is 9.59. The highest BCUT2D eigenvalue weighted by molar-refractivity contribution is 7.15. The number of rotatable bonds is 3. The fourth-order valence-corrected chi connectivity index (χ4v) is 5.31. The number of aromatic carboxylic acids is 1. The molecule has 3 amide bonds. The standard InChI is InChI=1S/C19H19N3O4S/c1-9-7-11(8-13-16(23)21-19(26)20-13)10(2)22(9)17-15(18(24)25)12-5-3-4-6-14(12)27-17/h7-8H,3-6H2,1-2H3,(H,24,25)(H2,20,21,23,26). The summed E-state index contributed by atoms with van der Waals surface area (Å²) >= 11 is 1.54. The lowest BCUT2D eigenvalue weighted by Gasteiger charge is -2.11. The van der Waals surface area contributed by atoms with Crippen molar-refractivity contribution in [3.8, 4) is 5.00 Å². The molecule has 4 rings (SSSR count). The first-order chi connectivity index (χ1) is 12.9. The number of aryl methyl sites for hydroxylation is 2. The molecule has 1 aliphatic heterocycles. The van der Waals surface area contributed by atoms with E-state index in [9.17, 15) is 19.5 Å². The van der Waals surface area contributed by atoms with Crippen LogP contribution in [-0.2, 0) is 17.6 Å². The zero-order valence-electron chi connectivity index (χ0n) is 15.0. The molecule has 1 saturated heterocycles. The molecule has 2 aliphatic rings. The van der Waals surface area contributed by atoms with E-state index >= 15 is 0 Å². The molecule has 0 spiro atoms. The van der Waals surface area contributed by atoms with Crippen LogP contribution in [0, 0.1) is 13.8 Å². The van der Waals surface area contributed by atoms with Gasteiger partial charge < -0.3 is 15.0 Å². The van der Waals surface area contributed by atoms with Gasteiger partial charge in [0, 0.05) is 16.3 Å². The third-order valence-corrected chi connectivity index (χ3v) is 6.34. The first-order valence-electron chi connectivity index (χ1n) is 8.78. The van der Waals surface area contributed by atoms with Crippen LogP contribution in [0.4, 0.5) is 4.79 Å². The highest BCUT2D eigenvalue weighted by Crippen LogP contribution is 2.38. The van der Waals surface area contributed by atoms with Crippen molar-refractivity contribution >= 4 is 35.3 Å². The van der Waals surface area contributed by atoms with Crippen LogP contribution in [0.25, 0.3) is 11.1 Å². The highest BCUT2D eigenvalue weighted by Gasteiger charge is 2.28. The van der Waals surface area contributed by atoms with E-state index in [4.69, 9.17) is 0 Å². The quantitative estimate of drug-likeness (QED) is 0.559. The summed E-state index contributed by atoms with van der Waals surface area (Å²) in [5.41, 5.74) is 4.01. The molecule has 0 unspecified atom stereocenters. The molecule has 2 aromatic heterocycles. The molecular formula is C19H19N3O4S. The largest absolute Gasteiger partial charge is 0.478 e. The average molecular weight is 385 g/mol. The molecule has 2 aromatic rings. The summed E-state index contributed by atoms with van der Waals surface area (Å²) in [5, 5.41) is 15.2. The summed E-state index contributed by atoms with van der Waals surface area (Å²) in [6.07, 6.45) is 5.44. The molecule has 27 heavy (non-hydrogen) atoms. The molecule has 0 aromatic carbocycles. The van der Waals surface area contributed by atoms with Gasteiger partial charge in [-0.2, -0.15) is 0 Å². The SMILES string of the molecule is Cc1cc(C=C2NC(=O)NC2=O)c(C)n1-c1sc2c(c1C(=O)O)CCCC2. The number of thiophene rings is 1. The van der Waals surface area contributed by atoms with Gasteiger partial charge in [0.15, 0.2) is 0 Å². The van der Waals surface area contributed by atoms with Crippen molar-refractivity contribution in [2.24, 2.45) is 0 Å². The Bertz CT molecular complexity index is 1030. The molecule has 3 N–H and O–H groups in total. The van der Waals surface area contributed by atoms with Crippen LogP contribution in [0.2, 0.25) is 0 Å². The van der Waals surface area contributed by atoms with E-state index in [1.54, 1.807) is 17.4 Å². The fraction of sp³-hybridized carbons (Fsp3) is 0.316. The monoisotopic (exact) mass is 385 g/mol. The molecule has 0 atom stereocenters. The second-order valence-electron chi connectivity index (χ2n) is 6.82. The van der Waals surface area contributed by atoms with Gasteiger partial charge in [0.1, 0.15) is 10.7 Å². The zero-order valence-corrected chi connectivity index (χ0v) is 15.8. The van der Waals surface area contributed by atoms with E-state index in [-0.39, 0.29) is 5.70 Å². The normalized spacial score (nSPS) is 17.8. The molecule has 0 radical (unpaired) electrons. The van der Waals surface area contributed by atoms with E-state index in [0.717, 1.165) is 53.1 Å². The van der Waals surface area contributed by atoms with Crippen LogP contribution in [0.15, 0.2) is 11.8 Å². The lowest BCUT2D eigenvalue weighted by Crippen LogP contribution is -2.22. The Labute approximate surface area is 159 Å². The van der Waals surface area contributed by atoms with Gasteiger partial charge in [0.2, 0.25) is 0 Å². The number of imide groups is 1. The Morgan fingerprint density at radius 1 is 1.22 bits per heavy atom. The maximum atomic E-state index is 12.0. The number of hydrogen-bond acceptors (Lipinski definition) is 4. The van der Waals surface area contributed by atoms with Crippen LogP contribution < -0.4 is 10.6 Å². The van der Waals surface area contributed by atoms with E-state index in [0.29, 0.717) is 10.6 Å². The average Bonchev–Trinajstić information content (AvgIpc) is 3.21. The maximum absolute atomic E-state index is 12.0. The van der Waals surface area contributed by atoms with Gasteiger partial charge in [0.25, 0.3) is 5.91 Å². The topological polar surface area (TPSA) is 100 Å². The van der Waals surface area contributed by atoms with Crippen LogP contribution >= 0.6 is 11.3 Å². The van der Waals surface area contributed by atoms with Crippen molar-refractivity contribution in [3.63, 3.8) is 0 Å². The number of fused-ring (bicyclic) bond motifs is 1. The van der Waals surface area contributed by atoms with Gasteiger partial charge in [-0.15, -0.1) is 11.3 Å². The van der Waals surface area contributed by atoms with Crippen molar-refractivity contribution in [2.45, 2.75) is 39.5 Å². The van der Waals surface area contributed by atoms with Crippen LogP contribution in [-0.4, -0.2) is 27.6 Å². The molecule has 3 heterocycles. The Kier molecular flexibility index (Phi) is 4.15. The number of carboxylic acid groups (broad SMARTS) is 1. The molecule has 0 saturated carbocycles. The predicted octanol–water partition coefficient (Wildman–Crippen LogP) is 2.91. The Morgan fingerprint density at radius 2 is 1.96 bits per heavy atom. The Balaban J connectivity index is 1.85. The number of hydrogen-bond donors (Lipinski definition) is 3. The maximum Gasteiger partial charge on any atom is 0.339 e. The molecule has 8 heteroatoms. The number of carbonyl (C=O) groups is 3. The molecule has 1 aliphatic carbocycles. The van der Waals surface area contributed by atoms with E-state index in [2.05, 4.69) is 10.6 Å². The smallest absolute Gasteiger partial charge is 0.339 e. The fourth-order valence-electron chi connectivity index (χ4n) is 3.81. The van der Waals surface area contributed by atoms with Gasteiger partial charge in [-0.05, 0) is 62.8 Å². The number of urea groups is 1. The van der Waals surface area contributed by atoms with E-state index in [1.165, 1.54) is 0 Å². The zero-order chi connectivity index (χ0) is 19.3. The third-order valence-electron chi connectivity index (χ3n) is 5.06. The number of aromatic nitrogens is 1. The van der Waals surface area contributed by atoms with Gasteiger partial charge in [-0.25, -0.2) is 9.59 Å². The number of carbonyl (C=O) groups excluding carboxylic acids is 2. The molecular weight excluding hydrogens is 366 g/mol. The number of amides is 3. The van der Waals surface area contributed by atoms with Crippen molar-refractivity contribution < 1.29 is 19.5 Å². The number of nitrogens with zero attached hydrogens (tertiary/aromatic N) is 1. The highest BCUT2D eigenvalue weighted by atomic mass is 32.1. The molecule has 140 valence electrons. The van der Waals surface area contributed by atoms with Gasteiger partial charge in [-0.3, -0.25) is 10.1 Å². The predicted molar refractivity (Wildman–Crippen MR) is 101 cm³/mol. The van der Waals surface area contributed by atoms with Gasteiger partial charge >= 0.3 is 12.0 Å².